The summed E-state index contributed by atoms with van der Waals surface area (Å²) in [6.45, 7) is 0. The number of nitrogens with zero attached hydrogens (tertiary/aromatic N) is 2. The minimum atomic E-state index is -0.846. The number of aromatic amines is 1. The Morgan fingerprint density at radius 1 is 1.53 bits per heavy atom. The first-order valence-corrected chi connectivity index (χ1v) is 4.43. The van der Waals surface area contributed by atoms with Crippen LogP contribution in [0.5, 0.6) is 0 Å². The van der Waals surface area contributed by atoms with E-state index in [0.29, 0.717) is 0 Å². The number of pyridine rings is 1. The summed E-state index contributed by atoms with van der Waals surface area (Å²) in [5.74, 6) is -0.846. The molecule has 2 heterocycles. The summed E-state index contributed by atoms with van der Waals surface area (Å²) in [5.41, 5.74) is 2.49. The number of nitrogens with one attached hydrogen (secondary N) is 1. The van der Waals surface area contributed by atoms with E-state index in [1.54, 1.807) is 24.5 Å². The number of carboxylic acids is 1. The monoisotopic (exact) mass is 203 g/mol. The lowest BCUT2D eigenvalue weighted by atomic mass is 10.2. The van der Waals surface area contributed by atoms with E-state index in [1.165, 1.54) is 0 Å². The molecule has 0 aromatic carbocycles. The van der Waals surface area contributed by atoms with Crippen LogP contribution in [-0.4, -0.2) is 26.3 Å². The van der Waals surface area contributed by atoms with Crippen molar-refractivity contribution in [1.29, 1.82) is 0 Å². The van der Waals surface area contributed by atoms with Crippen LogP contribution in [0.25, 0.3) is 17.1 Å². The van der Waals surface area contributed by atoms with Crippen LogP contribution in [-0.2, 0) is 4.79 Å². The van der Waals surface area contributed by atoms with Gasteiger partial charge in [0.05, 0.1) is 18.1 Å². The number of aliphatic carboxylic acids is 1. The third-order valence-electron chi connectivity index (χ3n) is 1.91. The number of hydrogen-bond acceptors (Lipinski definition) is 3. The summed E-state index contributed by atoms with van der Waals surface area (Å²) < 4.78 is 0. The highest BCUT2D eigenvalue weighted by Crippen LogP contribution is 2.10. The SMILES string of the molecule is O=C(O)CC=Cc1cnc2cn[nH]c2c1. The number of carboxylic acid groups (broad SMARTS) is 1. The fourth-order valence-corrected chi connectivity index (χ4v) is 1.23. The lowest BCUT2D eigenvalue weighted by Crippen LogP contribution is -1.89. The number of aromatic nitrogens is 3. The van der Waals surface area contributed by atoms with Crippen LogP contribution in [0.4, 0.5) is 0 Å². The highest BCUT2D eigenvalue weighted by atomic mass is 16.4. The van der Waals surface area contributed by atoms with E-state index in [9.17, 15) is 4.79 Å². The van der Waals surface area contributed by atoms with Gasteiger partial charge in [0.2, 0.25) is 0 Å². The standard InChI is InChI=1S/C10H9N3O2/c14-10(15)3-1-2-7-4-8-9(11-5-7)6-12-13-8/h1-2,4-6H,3H2,(H,12,13)(H,14,15). The van der Waals surface area contributed by atoms with Crippen molar-refractivity contribution in [3.63, 3.8) is 0 Å². The molecule has 0 aliphatic heterocycles. The van der Waals surface area contributed by atoms with E-state index in [2.05, 4.69) is 15.2 Å². The molecule has 0 amide bonds. The molecule has 0 fully saturated rings. The van der Waals surface area contributed by atoms with Crippen molar-refractivity contribution < 1.29 is 9.90 Å². The predicted octanol–water partition coefficient (Wildman–Crippen LogP) is 1.45. The van der Waals surface area contributed by atoms with Gasteiger partial charge in [-0.2, -0.15) is 5.10 Å². The van der Waals surface area contributed by atoms with E-state index >= 15 is 0 Å². The van der Waals surface area contributed by atoms with Crippen molar-refractivity contribution in [2.45, 2.75) is 6.42 Å². The van der Waals surface area contributed by atoms with Crippen LogP contribution in [0.3, 0.4) is 0 Å². The zero-order valence-electron chi connectivity index (χ0n) is 7.84. The van der Waals surface area contributed by atoms with Gasteiger partial charge >= 0.3 is 5.97 Å². The zero-order valence-corrected chi connectivity index (χ0v) is 7.84. The molecule has 0 aliphatic carbocycles. The maximum absolute atomic E-state index is 10.3. The third kappa shape index (κ3) is 2.19. The van der Waals surface area contributed by atoms with Crippen molar-refractivity contribution in [3.8, 4) is 0 Å². The summed E-state index contributed by atoms with van der Waals surface area (Å²) in [5, 5.41) is 15.1. The van der Waals surface area contributed by atoms with Crippen LogP contribution in [0.2, 0.25) is 0 Å². The number of hydrogen-bond donors (Lipinski definition) is 2. The molecule has 0 unspecified atom stereocenters. The predicted molar refractivity (Wildman–Crippen MR) is 55.2 cm³/mol. The number of carbonyl (C=O) groups is 1. The van der Waals surface area contributed by atoms with Gasteiger partial charge < -0.3 is 5.11 Å². The molecule has 2 N–H and O–H groups in total. The Hall–Kier alpha value is -2.17. The van der Waals surface area contributed by atoms with Gasteiger partial charge in [-0.1, -0.05) is 12.2 Å². The van der Waals surface area contributed by atoms with E-state index in [0.717, 1.165) is 16.6 Å². The largest absolute Gasteiger partial charge is 0.481 e. The second kappa shape index (κ2) is 3.91. The number of fused-ring (bicyclic) bond motifs is 1. The summed E-state index contributed by atoms with van der Waals surface area (Å²) in [4.78, 5) is 14.4. The molecule has 2 aromatic heterocycles. The molecule has 0 saturated carbocycles. The average Bonchev–Trinajstić information content (AvgIpc) is 2.64. The summed E-state index contributed by atoms with van der Waals surface area (Å²) >= 11 is 0. The molecule has 0 aliphatic rings. The van der Waals surface area contributed by atoms with E-state index in [1.807, 2.05) is 6.07 Å². The molecule has 0 atom stereocenters. The first kappa shape index (κ1) is 9.39. The van der Waals surface area contributed by atoms with E-state index in [4.69, 9.17) is 5.11 Å². The van der Waals surface area contributed by atoms with Gasteiger partial charge in [0.15, 0.2) is 0 Å². The van der Waals surface area contributed by atoms with Crippen LogP contribution >= 0.6 is 0 Å². The van der Waals surface area contributed by atoms with E-state index < -0.39 is 5.97 Å². The Kier molecular flexibility index (Phi) is 2.45. The topological polar surface area (TPSA) is 78.9 Å². The maximum Gasteiger partial charge on any atom is 0.307 e. The van der Waals surface area contributed by atoms with Crippen molar-refractivity contribution in [1.82, 2.24) is 15.2 Å². The van der Waals surface area contributed by atoms with Gasteiger partial charge in [0.25, 0.3) is 0 Å². The first-order valence-electron chi connectivity index (χ1n) is 4.43. The van der Waals surface area contributed by atoms with Gasteiger partial charge in [0.1, 0.15) is 5.52 Å². The quantitative estimate of drug-likeness (QED) is 0.791. The van der Waals surface area contributed by atoms with Gasteiger partial charge in [-0.15, -0.1) is 0 Å². The van der Waals surface area contributed by atoms with Gasteiger partial charge in [-0.3, -0.25) is 14.9 Å². The molecule has 2 rings (SSSR count). The minimum Gasteiger partial charge on any atom is -0.481 e. The summed E-state index contributed by atoms with van der Waals surface area (Å²) in [6.07, 6.45) is 6.64. The van der Waals surface area contributed by atoms with Crippen LogP contribution in [0.1, 0.15) is 12.0 Å². The van der Waals surface area contributed by atoms with Crippen molar-refractivity contribution >= 4 is 23.1 Å². The molecule has 15 heavy (non-hydrogen) atoms. The maximum atomic E-state index is 10.3. The minimum absolute atomic E-state index is 0.0149. The Balaban J connectivity index is 2.21. The Bertz CT molecular complexity index is 516. The number of rotatable bonds is 3. The molecular weight excluding hydrogens is 194 g/mol. The fourth-order valence-electron chi connectivity index (χ4n) is 1.23. The normalized spacial score (nSPS) is 11.2. The average molecular weight is 203 g/mol. The molecule has 76 valence electrons. The van der Waals surface area contributed by atoms with Crippen LogP contribution in [0.15, 0.2) is 24.5 Å². The van der Waals surface area contributed by atoms with Gasteiger partial charge in [-0.25, -0.2) is 0 Å². The smallest absolute Gasteiger partial charge is 0.307 e. The molecule has 5 heteroatoms. The second-order valence-electron chi connectivity index (χ2n) is 3.07. The van der Waals surface area contributed by atoms with Crippen molar-refractivity contribution in [3.05, 3.63) is 30.1 Å². The molecule has 2 aromatic rings. The Morgan fingerprint density at radius 3 is 3.20 bits per heavy atom. The molecule has 0 bridgehead atoms. The lowest BCUT2D eigenvalue weighted by Gasteiger charge is -1.92. The summed E-state index contributed by atoms with van der Waals surface area (Å²) in [6, 6.07) is 1.87. The van der Waals surface area contributed by atoms with Gasteiger partial charge in [-0.05, 0) is 11.6 Å². The van der Waals surface area contributed by atoms with Crippen molar-refractivity contribution in [2.24, 2.45) is 0 Å². The molecule has 0 spiro atoms. The molecule has 0 saturated heterocycles. The summed E-state index contributed by atoms with van der Waals surface area (Å²) in [7, 11) is 0. The fraction of sp³-hybridized carbons (Fsp3) is 0.100. The van der Waals surface area contributed by atoms with E-state index in [-0.39, 0.29) is 6.42 Å². The second-order valence-corrected chi connectivity index (χ2v) is 3.07. The zero-order chi connectivity index (χ0) is 10.7. The molecular formula is C10H9N3O2. The number of H-pyrrole nitrogens is 1. The first-order chi connectivity index (χ1) is 7.25. The molecule has 5 nitrogen and oxygen atoms in total. The van der Waals surface area contributed by atoms with Gasteiger partial charge in [0, 0.05) is 6.20 Å². The lowest BCUT2D eigenvalue weighted by molar-refractivity contribution is -0.135. The molecule has 0 radical (unpaired) electrons. The van der Waals surface area contributed by atoms with Crippen molar-refractivity contribution in [2.75, 3.05) is 0 Å². The Labute approximate surface area is 85.5 Å². The third-order valence-corrected chi connectivity index (χ3v) is 1.91. The highest BCUT2D eigenvalue weighted by Gasteiger charge is 1.97. The van der Waals surface area contributed by atoms with Crippen LogP contribution in [0, 0.1) is 0 Å². The Morgan fingerprint density at radius 2 is 2.40 bits per heavy atom. The highest BCUT2D eigenvalue weighted by molar-refractivity contribution is 5.76. The van der Waals surface area contributed by atoms with Crippen LogP contribution < -0.4 is 0 Å².